The zero-order valence-electron chi connectivity index (χ0n) is 15.3. The monoisotopic (exact) mass is 412 g/mol. The summed E-state index contributed by atoms with van der Waals surface area (Å²) in [4.78, 5) is 12.2. The lowest BCUT2D eigenvalue weighted by Crippen LogP contribution is -2.45. The highest BCUT2D eigenvalue weighted by Crippen LogP contribution is 2.37. The van der Waals surface area contributed by atoms with E-state index in [9.17, 15) is 31.1 Å². The Labute approximate surface area is 159 Å². The lowest BCUT2D eigenvalue weighted by Gasteiger charge is -2.26. The van der Waals surface area contributed by atoms with Gasteiger partial charge in [-0.15, -0.1) is 0 Å². The molecule has 1 aromatic rings. The van der Waals surface area contributed by atoms with Gasteiger partial charge in [0.1, 0.15) is 11.5 Å². The molecule has 0 aliphatic heterocycles. The Hall–Kier alpha value is -1.93. The van der Waals surface area contributed by atoms with Gasteiger partial charge in [-0.2, -0.15) is 22.0 Å². The standard InChI is InChI=1S/C19H22F6O3/c1-2-3-12-4-6-13(7-5-12)16(26)27-14-8-10-15(11-9-14)28-19(24,25)17(20)18(21,22)23/h8-13,17H,2-7H2,1H3. The predicted molar refractivity (Wildman–Crippen MR) is 89.0 cm³/mol. The molecule has 0 radical (unpaired) electrons. The highest BCUT2D eigenvalue weighted by atomic mass is 19.4. The lowest BCUT2D eigenvalue weighted by atomic mass is 9.80. The van der Waals surface area contributed by atoms with Gasteiger partial charge in [-0.05, 0) is 55.9 Å². The molecule has 0 heterocycles. The number of hydrogen-bond acceptors (Lipinski definition) is 3. The number of benzene rings is 1. The summed E-state index contributed by atoms with van der Waals surface area (Å²) >= 11 is 0. The number of hydrogen-bond donors (Lipinski definition) is 0. The van der Waals surface area contributed by atoms with E-state index in [-0.39, 0.29) is 11.7 Å². The van der Waals surface area contributed by atoms with Gasteiger partial charge in [-0.1, -0.05) is 19.8 Å². The van der Waals surface area contributed by atoms with Crippen LogP contribution in [0.2, 0.25) is 0 Å². The van der Waals surface area contributed by atoms with Crippen LogP contribution in [-0.2, 0) is 4.79 Å². The van der Waals surface area contributed by atoms with Crippen molar-refractivity contribution in [2.75, 3.05) is 0 Å². The summed E-state index contributed by atoms with van der Waals surface area (Å²) in [5.41, 5.74) is 0. The Morgan fingerprint density at radius 3 is 2.07 bits per heavy atom. The number of carbonyl (C=O) groups is 1. The van der Waals surface area contributed by atoms with E-state index >= 15 is 0 Å². The van der Waals surface area contributed by atoms with Crippen LogP contribution >= 0.6 is 0 Å². The van der Waals surface area contributed by atoms with E-state index in [1.54, 1.807) is 0 Å². The van der Waals surface area contributed by atoms with Crippen LogP contribution in [0.4, 0.5) is 26.3 Å². The Morgan fingerprint density at radius 2 is 1.57 bits per heavy atom. The summed E-state index contributed by atoms with van der Waals surface area (Å²) in [5.74, 6) is -0.703. The predicted octanol–water partition coefficient (Wildman–Crippen LogP) is 6.07. The SMILES string of the molecule is CCCC1CCC(C(=O)Oc2ccc(OC(F)(F)C(F)C(F)(F)F)cc2)CC1. The van der Waals surface area contributed by atoms with Crippen LogP contribution in [0.1, 0.15) is 45.4 Å². The molecule has 0 bridgehead atoms. The van der Waals surface area contributed by atoms with Crippen molar-refractivity contribution in [3.63, 3.8) is 0 Å². The molecule has 0 amide bonds. The maximum Gasteiger partial charge on any atom is 0.439 e. The van der Waals surface area contributed by atoms with Gasteiger partial charge < -0.3 is 9.47 Å². The van der Waals surface area contributed by atoms with Gasteiger partial charge in [-0.3, -0.25) is 4.79 Å². The van der Waals surface area contributed by atoms with Crippen LogP contribution < -0.4 is 9.47 Å². The third kappa shape index (κ3) is 6.04. The van der Waals surface area contributed by atoms with E-state index in [0.717, 1.165) is 49.9 Å². The molecular formula is C19H22F6O3. The van der Waals surface area contributed by atoms with Crippen molar-refractivity contribution in [2.24, 2.45) is 11.8 Å². The maximum absolute atomic E-state index is 13.2. The summed E-state index contributed by atoms with van der Waals surface area (Å²) in [6, 6.07) is 3.98. The van der Waals surface area contributed by atoms with Crippen molar-refractivity contribution < 1.29 is 40.6 Å². The number of halogens is 6. The first-order chi connectivity index (χ1) is 13.0. The van der Waals surface area contributed by atoms with Crippen LogP contribution in [0.5, 0.6) is 11.5 Å². The highest BCUT2D eigenvalue weighted by Gasteiger charge is 2.59. The van der Waals surface area contributed by atoms with Crippen molar-refractivity contribution in [3.05, 3.63) is 24.3 Å². The average Bonchev–Trinajstić information content (AvgIpc) is 2.62. The van der Waals surface area contributed by atoms with Gasteiger partial charge in [0.25, 0.3) is 6.17 Å². The first-order valence-corrected chi connectivity index (χ1v) is 9.12. The molecule has 1 saturated carbocycles. The summed E-state index contributed by atoms with van der Waals surface area (Å²) in [5, 5.41) is 0. The molecule has 1 fully saturated rings. The van der Waals surface area contributed by atoms with E-state index in [1.165, 1.54) is 0 Å². The molecule has 1 atom stereocenters. The van der Waals surface area contributed by atoms with Crippen molar-refractivity contribution in [1.82, 2.24) is 0 Å². The fourth-order valence-corrected chi connectivity index (χ4v) is 3.27. The summed E-state index contributed by atoms with van der Waals surface area (Å²) in [6.07, 6.45) is -9.75. The first-order valence-electron chi connectivity index (χ1n) is 9.12. The Bertz CT molecular complexity index is 636. The fraction of sp³-hybridized carbons (Fsp3) is 0.632. The molecule has 2 rings (SSSR count). The third-order valence-corrected chi connectivity index (χ3v) is 4.76. The zero-order chi connectivity index (χ0) is 20.9. The lowest BCUT2D eigenvalue weighted by molar-refractivity contribution is -0.305. The Kier molecular flexibility index (Phi) is 7.22. The maximum atomic E-state index is 13.2. The van der Waals surface area contributed by atoms with Crippen molar-refractivity contribution in [1.29, 1.82) is 0 Å². The number of ether oxygens (including phenoxy) is 2. The topological polar surface area (TPSA) is 35.5 Å². The Morgan fingerprint density at radius 1 is 1.04 bits per heavy atom. The smallest absolute Gasteiger partial charge is 0.430 e. The van der Waals surface area contributed by atoms with Crippen LogP contribution in [0.3, 0.4) is 0 Å². The van der Waals surface area contributed by atoms with Crippen LogP contribution in [-0.4, -0.2) is 24.4 Å². The highest BCUT2D eigenvalue weighted by molar-refractivity contribution is 5.75. The molecule has 1 aliphatic rings. The minimum Gasteiger partial charge on any atom is -0.430 e. The fourth-order valence-electron chi connectivity index (χ4n) is 3.27. The van der Waals surface area contributed by atoms with E-state index in [4.69, 9.17) is 4.74 Å². The molecule has 9 heteroatoms. The zero-order valence-corrected chi connectivity index (χ0v) is 15.3. The van der Waals surface area contributed by atoms with Crippen molar-refractivity contribution >= 4 is 5.97 Å². The van der Waals surface area contributed by atoms with Gasteiger partial charge in [0.15, 0.2) is 0 Å². The van der Waals surface area contributed by atoms with Gasteiger partial charge >= 0.3 is 18.3 Å². The molecule has 28 heavy (non-hydrogen) atoms. The summed E-state index contributed by atoms with van der Waals surface area (Å²) in [7, 11) is 0. The molecule has 0 spiro atoms. The minimum absolute atomic E-state index is 0.0453. The molecule has 0 saturated heterocycles. The second kappa shape index (κ2) is 9.05. The number of esters is 1. The quantitative estimate of drug-likeness (QED) is 0.310. The summed E-state index contributed by atoms with van der Waals surface area (Å²) < 4.78 is 84.7. The molecule has 3 nitrogen and oxygen atoms in total. The van der Waals surface area contributed by atoms with Gasteiger partial charge in [0.2, 0.25) is 0 Å². The largest absolute Gasteiger partial charge is 0.439 e. The van der Waals surface area contributed by atoms with Crippen LogP contribution in [0, 0.1) is 11.8 Å². The van der Waals surface area contributed by atoms with E-state index in [2.05, 4.69) is 11.7 Å². The summed E-state index contributed by atoms with van der Waals surface area (Å²) in [6.45, 7) is 2.11. The molecule has 1 aliphatic carbocycles. The third-order valence-electron chi connectivity index (χ3n) is 4.76. The van der Waals surface area contributed by atoms with E-state index in [0.29, 0.717) is 18.8 Å². The molecule has 0 N–H and O–H groups in total. The number of alkyl halides is 6. The number of rotatable bonds is 7. The van der Waals surface area contributed by atoms with Gasteiger partial charge in [0.05, 0.1) is 5.92 Å². The first kappa shape index (κ1) is 22.4. The molecule has 0 aromatic heterocycles. The second-order valence-corrected chi connectivity index (χ2v) is 6.97. The minimum atomic E-state index is -5.75. The van der Waals surface area contributed by atoms with Crippen LogP contribution in [0.15, 0.2) is 24.3 Å². The normalized spacial score (nSPS) is 21.8. The van der Waals surface area contributed by atoms with Crippen molar-refractivity contribution in [3.8, 4) is 11.5 Å². The molecule has 1 unspecified atom stereocenters. The van der Waals surface area contributed by atoms with Gasteiger partial charge in [0, 0.05) is 0 Å². The molecular weight excluding hydrogens is 390 g/mol. The number of carbonyl (C=O) groups excluding carboxylic acids is 1. The van der Waals surface area contributed by atoms with E-state index in [1.807, 2.05) is 0 Å². The average molecular weight is 412 g/mol. The van der Waals surface area contributed by atoms with E-state index < -0.39 is 30.2 Å². The Balaban J connectivity index is 1.90. The van der Waals surface area contributed by atoms with Crippen molar-refractivity contribution in [2.45, 2.75) is 63.9 Å². The molecule has 1 aromatic carbocycles. The second-order valence-electron chi connectivity index (χ2n) is 6.97. The van der Waals surface area contributed by atoms with Crippen LogP contribution in [0.25, 0.3) is 0 Å². The molecule has 158 valence electrons. The van der Waals surface area contributed by atoms with Gasteiger partial charge in [-0.25, -0.2) is 4.39 Å².